The van der Waals surface area contributed by atoms with Crippen molar-refractivity contribution in [3.63, 3.8) is 0 Å². The molecule has 3 aromatic heterocycles. The van der Waals surface area contributed by atoms with Crippen molar-refractivity contribution in [2.24, 2.45) is 13.0 Å². The van der Waals surface area contributed by atoms with E-state index in [1.165, 1.54) is 18.4 Å². The number of anilines is 3. The first-order valence-corrected chi connectivity index (χ1v) is 12.2. The SMILES string of the molecule is Cc1ccnc(N2CCCC2)c1-c1cc(N)c2cnc(NC(=O)[C@@H]3C[C@H]3c3cnn(C)c3)cc2c1. The number of fused-ring (bicyclic) bond motifs is 1. The van der Waals surface area contributed by atoms with Crippen molar-refractivity contribution < 1.29 is 4.79 Å². The maximum Gasteiger partial charge on any atom is 0.229 e. The summed E-state index contributed by atoms with van der Waals surface area (Å²) >= 11 is 0. The number of nitrogens with two attached hydrogens (primary N) is 1. The number of nitrogen functional groups attached to an aromatic ring is 1. The Kier molecular flexibility index (Phi) is 5.16. The Morgan fingerprint density at radius 3 is 2.74 bits per heavy atom. The van der Waals surface area contributed by atoms with Crippen LogP contribution in [0.3, 0.4) is 0 Å². The molecule has 2 atom stereocenters. The quantitative estimate of drug-likeness (QED) is 0.425. The predicted molar refractivity (Wildman–Crippen MR) is 138 cm³/mol. The average Bonchev–Trinajstić information content (AvgIpc) is 3.21. The highest BCUT2D eigenvalue weighted by Crippen LogP contribution is 2.48. The molecule has 6 rings (SSSR count). The van der Waals surface area contributed by atoms with E-state index in [1.54, 1.807) is 10.9 Å². The van der Waals surface area contributed by atoms with Gasteiger partial charge in [0.15, 0.2) is 0 Å². The van der Waals surface area contributed by atoms with Crippen LogP contribution in [0.4, 0.5) is 17.3 Å². The van der Waals surface area contributed by atoms with E-state index in [0.717, 1.165) is 52.8 Å². The number of nitrogens with one attached hydrogen (secondary N) is 1. The fraction of sp³-hybridized carbons (Fsp3) is 0.333. The van der Waals surface area contributed by atoms with Gasteiger partial charge in [0.25, 0.3) is 0 Å². The lowest BCUT2D eigenvalue weighted by Gasteiger charge is -2.22. The van der Waals surface area contributed by atoms with Gasteiger partial charge in [0, 0.05) is 61.3 Å². The van der Waals surface area contributed by atoms with E-state index in [0.29, 0.717) is 11.5 Å². The molecule has 8 heteroatoms. The van der Waals surface area contributed by atoms with Crippen LogP contribution in [0.15, 0.2) is 49.1 Å². The van der Waals surface area contributed by atoms with E-state index in [4.69, 9.17) is 10.7 Å². The number of aromatic nitrogens is 4. The van der Waals surface area contributed by atoms with E-state index in [9.17, 15) is 4.79 Å². The summed E-state index contributed by atoms with van der Waals surface area (Å²) in [6.07, 6.45) is 10.7. The summed E-state index contributed by atoms with van der Waals surface area (Å²) in [6, 6.07) is 8.09. The van der Waals surface area contributed by atoms with Crippen LogP contribution in [0.25, 0.3) is 21.9 Å². The zero-order valence-corrected chi connectivity index (χ0v) is 20.0. The Hall–Kier alpha value is -3.94. The fourth-order valence-electron chi connectivity index (χ4n) is 5.27. The summed E-state index contributed by atoms with van der Waals surface area (Å²) in [4.78, 5) is 24.4. The minimum atomic E-state index is -0.0471. The number of aryl methyl sites for hydroxylation is 2. The number of rotatable bonds is 5. The molecule has 1 saturated carbocycles. The third kappa shape index (κ3) is 3.99. The number of hydrogen-bond acceptors (Lipinski definition) is 6. The average molecular weight is 468 g/mol. The van der Waals surface area contributed by atoms with Gasteiger partial charge in [-0.25, -0.2) is 9.97 Å². The summed E-state index contributed by atoms with van der Waals surface area (Å²) in [7, 11) is 1.89. The van der Waals surface area contributed by atoms with Crippen LogP contribution in [0.1, 0.15) is 36.3 Å². The topological polar surface area (TPSA) is 102 Å². The Bertz CT molecular complexity index is 1440. The van der Waals surface area contributed by atoms with Gasteiger partial charge in [-0.3, -0.25) is 9.48 Å². The first-order valence-electron chi connectivity index (χ1n) is 12.2. The van der Waals surface area contributed by atoms with Crippen LogP contribution in [0.2, 0.25) is 0 Å². The van der Waals surface area contributed by atoms with Crippen LogP contribution < -0.4 is 16.0 Å². The van der Waals surface area contributed by atoms with Gasteiger partial charge in [-0.05, 0) is 78.4 Å². The van der Waals surface area contributed by atoms with Gasteiger partial charge in [0.1, 0.15) is 11.6 Å². The number of nitrogens with zero attached hydrogens (tertiary/aromatic N) is 5. The molecule has 3 N–H and O–H groups in total. The molecule has 2 aliphatic rings. The number of benzene rings is 1. The third-order valence-corrected chi connectivity index (χ3v) is 7.23. The Labute approximate surface area is 204 Å². The molecule has 1 aromatic carbocycles. The predicted octanol–water partition coefficient (Wildman–Crippen LogP) is 4.26. The maximum atomic E-state index is 12.9. The van der Waals surface area contributed by atoms with Crippen molar-refractivity contribution in [3.8, 4) is 11.1 Å². The Morgan fingerprint density at radius 1 is 1.14 bits per heavy atom. The standard InChI is InChI=1S/C27H29N7O/c1-16-5-6-29-26(34-7-3-4-8-34)25(16)18-9-17-11-24(30-14-22(17)23(28)10-18)32-27(35)21-12-20(21)19-13-31-33(2)15-19/h5-6,9-11,13-15,20-21H,3-4,7-8,12,28H2,1-2H3,(H,30,32,35)/t20-,21+/m0/s1. The lowest BCUT2D eigenvalue weighted by molar-refractivity contribution is -0.117. The van der Waals surface area contributed by atoms with Crippen LogP contribution in [0, 0.1) is 12.8 Å². The van der Waals surface area contributed by atoms with Crippen molar-refractivity contribution in [2.45, 2.75) is 32.1 Å². The largest absolute Gasteiger partial charge is 0.398 e. The molecule has 1 aliphatic heterocycles. The first kappa shape index (κ1) is 21.6. The molecular weight excluding hydrogens is 438 g/mol. The highest BCUT2D eigenvalue weighted by atomic mass is 16.2. The molecule has 8 nitrogen and oxygen atoms in total. The molecule has 2 fully saturated rings. The molecule has 4 heterocycles. The van der Waals surface area contributed by atoms with Crippen molar-refractivity contribution in [1.29, 1.82) is 0 Å². The molecule has 0 spiro atoms. The molecule has 0 unspecified atom stereocenters. The van der Waals surface area contributed by atoms with Crippen LogP contribution >= 0.6 is 0 Å². The number of hydrogen-bond donors (Lipinski definition) is 2. The highest BCUT2D eigenvalue weighted by molar-refractivity contribution is 6.01. The molecule has 35 heavy (non-hydrogen) atoms. The molecule has 1 amide bonds. The minimum absolute atomic E-state index is 0.00532. The van der Waals surface area contributed by atoms with Gasteiger partial charge < -0.3 is 16.0 Å². The summed E-state index contributed by atoms with van der Waals surface area (Å²) < 4.78 is 1.77. The monoisotopic (exact) mass is 467 g/mol. The van der Waals surface area contributed by atoms with Crippen molar-refractivity contribution in [3.05, 3.63) is 60.2 Å². The van der Waals surface area contributed by atoms with Crippen molar-refractivity contribution in [1.82, 2.24) is 19.7 Å². The summed E-state index contributed by atoms with van der Waals surface area (Å²) in [6.45, 7) is 4.16. The van der Waals surface area contributed by atoms with E-state index in [-0.39, 0.29) is 17.7 Å². The van der Waals surface area contributed by atoms with Gasteiger partial charge in [-0.15, -0.1) is 0 Å². The second-order valence-electron chi connectivity index (χ2n) is 9.76. The summed E-state index contributed by atoms with van der Waals surface area (Å²) in [5.41, 5.74) is 11.6. The van der Waals surface area contributed by atoms with Gasteiger partial charge >= 0.3 is 0 Å². The maximum absolute atomic E-state index is 12.9. The number of carbonyl (C=O) groups is 1. The second-order valence-corrected chi connectivity index (χ2v) is 9.76. The van der Waals surface area contributed by atoms with Crippen LogP contribution in [-0.2, 0) is 11.8 Å². The van der Waals surface area contributed by atoms with Gasteiger partial charge in [0.05, 0.1) is 6.20 Å². The fourth-order valence-corrected chi connectivity index (χ4v) is 5.27. The van der Waals surface area contributed by atoms with Crippen molar-refractivity contribution >= 4 is 34.0 Å². The molecule has 1 aliphatic carbocycles. The van der Waals surface area contributed by atoms with Gasteiger partial charge in [-0.2, -0.15) is 5.10 Å². The Balaban J connectivity index is 1.30. The highest BCUT2D eigenvalue weighted by Gasteiger charge is 2.44. The molecular formula is C27H29N7O. The molecule has 1 saturated heterocycles. The van der Waals surface area contributed by atoms with E-state index in [1.807, 2.05) is 43.8 Å². The lowest BCUT2D eigenvalue weighted by atomic mass is 9.97. The zero-order valence-electron chi connectivity index (χ0n) is 20.0. The minimum Gasteiger partial charge on any atom is -0.398 e. The molecule has 0 bridgehead atoms. The first-order chi connectivity index (χ1) is 17.0. The molecule has 178 valence electrons. The molecule has 0 radical (unpaired) electrons. The van der Waals surface area contributed by atoms with Gasteiger partial charge in [0.2, 0.25) is 5.91 Å². The number of pyridine rings is 2. The Morgan fingerprint density at radius 2 is 1.97 bits per heavy atom. The van der Waals surface area contributed by atoms with E-state index in [2.05, 4.69) is 33.3 Å². The van der Waals surface area contributed by atoms with E-state index < -0.39 is 0 Å². The second kappa shape index (κ2) is 8.37. The summed E-state index contributed by atoms with van der Waals surface area (Å²) in [5.74, 6) is 1.73. The van der Waals surface area contributed by atoms with E-state index >= 15 is 0 Å². The number of carbonyl (C=O) groups excluding carboxylic acids is 1. The third-order valence-electron chi connectivity index (χ3n) is 7.23. The normalized spacial score (nSPS) is 19.3. The van der Waals surface area contributed by atoms with Crippen molar-refractivity contribution in [2.75, 3.05) is 29.0 Å². The summed E-state index contributed by atoms with van der Waals surface area (Å²) in [5, 5.41) is 9.05. The van der Waals surface area contributed by atoms with Crippen LogP contribution in [0.5, 0.6) is 0 Å². The number of amides is 1. The smallest absolute Gasteiger partial charge is 0.229 e. The van der Waals surface area contributed by atoms with Gasteiger partial charge in [-0.1, -0.05) is 0 Å². The molecule has 4 aromatic rings. The van der Waals surface area contributed by atoms with Crippen LogP contribution in [-0.4, -0.2) is 38.7 Å². The zero-order chi connectivity index (χ0) is 24.1. The lowest BCUT2D eigenvalue weighted by Crippen LogP contribution is -2.20.